The Morgan fingerprint density at radius 2 is 2.17 bits per heavy atom. The lowest BCUT2D eigenvalue weighted by molar-refractivity contribution is -0.124. The van der Waals surface area contributed by atoms with Crippen molar-refractivity contribution < 1.29 is 9.53 Å². The van der Waals surface area contributed by atoms with Crippen molar-refractivity contribution in [3.63, 3.8) is 0 Å². The summed E-state index contributed by atoms with van der Waals surface area (Å²) in [6, 6.07) is 3.60. The number of ether oxygens (including phenoxy) is 1. The maximum Gasteiger partial charge on any atom is 0.230 e. The molecule has 1 heterocycles. The number of nitrogens with one attached hydrogen (secondary N) is 1. The van der Waals surface area contributed by atoms with Gasteiger partial charge in [-0.2, -0.15) is 0 Å². The van der Waals surface area contributed by atoms with Crippen LogP contribution in [-0.2, 0) is 4.79 Å². The Balaban J connectivity index is 1.98. The van der Waals surface area contributed by atoms with Crippen LogP contribution < -0.4 is 10.1 Å². The van der Waals surface area contributed by atoms with E-state index in [0.717, 1.165) is 31.4 Å². The number of anilines is 1. The smallest absolute Gasteiger partial charge is 0.230 e. The Bertz CT molecular complexity index is 408. The molecule has 0 saturated heterocycles. The van der Waals surface area contributed by atoms with Gasteiger partial charge in [0.2, 0.25) is 11.8 Å². The first-order chi connectivity index (χ1) is 8.64. The maximum atomic E-state index is 12.2. The molecule has 0 aliphatic heterocycles. The van der Waals surface area contributed by atoms with Gasteiger partial charge < -0.3 is 10.1 Å². The number of carbonyl (C=O) groups excluding carboxylic acids is 1. The summed E-state index contributed by atoms with van der Waals surface area (Å²) in [7, 11) is 0. The number of hydrogen-bond acceptors (Lipinski definition) is 3. The van der Waals surface area contributed by atoms with Crippen LogP contribution in [0.4, 0.5) is 5.69 Å². The van der Waals surface area contributed by atoms with Gasteiger partial charge in [0.1, 0.15) is 0 Å². The normalized spacial score (nSPS) is 17.4. The van der Waals surface area contributed by atoms with E-state index in [1.807, 2.05) is 19.9 Å². The molecule has 0 atom stereocenters. The van der Waals surface area contributed by atoms with Crippen LogP contribution >= 0.6 is 0 Å². The summed E-state index contributed by atoms with van der Waals surface area (Å²) >= 11 is 0. The van der Waals surface area contributed by atoms with E-state index in [-0.39, 0.29) is 11.3 Å². The Hall–Kier alpha value is -1.58. The van der Waals surface area contributed by atoms with E-state index in [4.69, 9.17) is 4.74 Å². The van der Waals surface area contributed by atoms with Crippen LogP contribution in [0.25, 0.3) is 0 Å². The Kier molecular flexibility index (Phi) is 3.84. The molecule has 1 N–H and O–H groups in total. The van der Waals surface area contributed by atoms with Crippen molar-refractivity contribution in [3.8, 4) is 5.88 Å². The molecule has 0 bridgehead atoms. The van der Waals surface area contributed by atoms with E-state index in [0.29, 0.717) is 12.5 Å². The highest BCUT2D eigenvalue weighted by atomic mass is 16.5. The number of aromatic nitrogens is 1. The standard InChI is InChI=1S/C14H20N2O2/c1-3-18-12-7-6-11(10-15-12)16-13(17)14(2)8-4-5-9-14/h6-7,10H,3-5,8-9H2,1-2H3,(H,16,17). The number of hydrogen-bond donors (Lipinski definition) is 1. The predicted octanol–water partition coefficient (Wildman–Crippen LogP) is 3.00. The molecule has 1 aromatic rings. The molecule has 1 saturated carbocycles. The van der Waals surface area contributed by atoms with Gasteiger partial charge in [-0.05, 0) is 25.8 Å². The highest BCUT2D eigenvalue weighted by Gasteiger charge is 2.36. The third-order valence-corrected chi connectivity index (χ3v) is 3.54. The second kappa shape index (κ2) is 5.38. The molecular formula is C14H20N2O2. The number of amides is 1. The van der Waals surface area contributed by atoms with Crippen LogP contribution in [0.1, 0.15) is 39.5 Å². The first-order valence-electron chi connectivity index (χ1n) is 6.54. The summed E-state index contributed by atoms with van der Waals surface area (Å²) in [5, 5.41) is 2.94. The molecule has 4 nitrogen and oxygen atoms in total. The van der Waals surface area contributed by atoms with Crippen LogP contribution in [0, 0.1) is 5.41 Å². The molecule has 1 amide bonds. The Morgan fingerprint density at radius 3 is 2.72 bits per heavy atom. The topological polar surface area (TPSA) is 51.2 Å². The average molecular weight is 248 g/mol. The van der Waals surface area contributed by atoms with E-state index in [1.54, 1.807) is 12.3 Å². The molecule has 1 aliphatic carbocycles. The van der Waals surface area contributed by atoms with Crippen LogP contribution in [0.3, 0.4) is 0 Å². The van der Waals surface area contributed by atoms with E-state index < -0.39 is 0 Å². The summed E-state index contributed by atoms with van der Waals surface area (Å²) in [6.45, 7) is 4.55. The van der Waals surface area contributed by atoms with Gasteiger partial charge in [-0.1, -0.05) is 19.8 Å². The average Bonchev–Trinajstić information content (AvgIpc) is 2.80. The molecule has 1 aromatic heterocycles. The fourth-order valence-electron chi connectivity index (χ4n) is 2.35. The second-order valence-corrected chi connectivity index (χ2v) is 5.04. The van der Waals surface area contributed by atoms with Gasteiger partial charge in [-0.25, -0.2) is 4.98 Å². The van der Waals surface area contributed by atoms with Gasteiger partial charge >= 0.3 is 0 Å². The highest BCUT2D eigenvalue weighted by Crippen LogP contribution is 2.38. The van der Waals surface area contributed by atoms with Crippen molar-refractivity contribution in [2.24, 2.45) is 5.41 Å². The Labute approximate surface area is 108 Å². The lowest BCUT2D eigenvalue weighted by atomic mass is 9.88. The number of nitrogens with zero attached hydrogens (tertiary/aromatic N) is 1. The van der Waals surface area contributed by atoms with Crippen LogP contribution in [0.2, 0.25) is 0 Å². The summed E-state index contributed by atoms with van der Waals surface area (Å²) < 4.78 is 5.26. The highest BCUT2D eigenvalue weighted by molar-refractivity contribution is 5.95. The quantitative estimate of drug-likeness (QED) is 0.891. The molecule has 4 heteroatoms. The maximum absolute atomic E-state index is 12.2. The van der Waals surface area contributed by atoms with E-state index in [9.17, 15) is 4.79 Å². The van der Waals surface area contributed by atoms with E-state index >= 15 is 0 Å². The third kappa shape index (κ3) is 2.81. The molecule has 0 spiro atoms. The fourth-order valence-corrected chi connectivity index (χ4v) is 2.35. The minimum Gasteiger partial charge on any atom is -0.478 e. The van der Waals surface area contributed by atoms with Crippen molar-refractivity contribution in [3.05, 3.63) is 18.3 Å². The summed E-state index contributed by atoms with van der Waals surface area (Å²) in [5.41, 5.74) is 0.523. The van der Waals surface area contributed by atoms with Crippen molar-refractivity contribution >= 4 is 11.6 Å². The van der Waals surface area contributed by atoms with E-state index in [1.165, 1.54) is 0 Å². The van der Waals surface area contributed by atoms with Gasteiger partial charge in [-0.3, -0.25) is 4.79 Å². The number of pyridine rings is 1. The van der Waals surface area contributed by atoms with Crippen LogP contribution in [-0.4, -0.2) is 17.5 Å². The second-order valence-electron chi connectivity index (χ2n) is 5.04. The lowest BCUT2D eigenvalue weighted by Crippen LogP contribution is -2.30. The lowest BCUT2D eigenvalue weighted by Gasteiger charge is -2.22. The van der Waals surface area contributed by atoms with Gasteiger partial charge in [-0.15, -0.1) is 0 Å². The molecule has 18 heavy (non-hydrogen) atoms. The molecule has 1 fully saturated rings. The number of rotatable bonds is 4. The summed E-state index contributed by atoms with van der Waals surface area (Å²) in [4.78, 5) is 16.3. The molecule has 0 unspecified atom stereocenters. The Morgan fingerprint density at radius 1 is 1.44 bits per heavy atom. The fraction of sp³-hybridized carbons (Fsp3) is 0.571. The zero-order valence-electron chi connectivity index (χ0n) is 11.0. The van der Waals surface area contributed by atoms with Crippen molar-refractivity contribution in [2.45, 2.75) is 39.5 Å². The SMILES string of the molecule is CCOc1ccc(NC(=O)C2(C)CCCC2)cn1. The van der Waals surface area contributed by atoms with Crippen molar-refractivity contribution in [1.29, 1.82) is 0 Å². The minimum atomic E-state index is -0.210. The molecular weight excluding hydrogens is 228 g/mol. The summed E-state index contributed by atoms with van der Waals surface area (Å²) in [5.74, 6) is 0.688. The molecule has 2 rings (SSSR count). The van der Waals surface area contributed by atoms with Gasteiger partial charge in [0, 0.05) is 11.5 Å². The zero-order chi connectivity index (χ0) is 13.0. The zero-order valence-corrected chi connectivity index (χ0v) is 11.0. The molecule has 1 aliphatic rings. The van der Waals surface area contributed by atoms with Crippen LogP contribution in [0.5, 0.6) is 5.88 Å². The molecule has 98 valence electrons. The molecule has 0 aromatic carbocycles. The first-order valence-corrected chi connectivity index (χ1v) is 6.54. The van der Waals surface area contributed by atoms with Gasteiger partial charge in [0.15, 0.2) is 0 Å². The predicted molar refractivity (Wildman–Crippen MR) is 70.6 cm³/mol. The van der Waals surface area contributed by atoms with Crippen LogP contribution in [0.15, 0.2) is 18.3 Å². The molecule has 0 radical (unpaired) electrons. The van der Waals surface area contributed by atoms with Gasteiger partial charge in [0.05, 0.1) is 18.5 Å². The summed E-state index contributed by atoms with van der Waals surface area (Å²) in [6.07, 6.45) is 5.88. The third-order valence-electron chi connectivity index (χ3n) is 3.54. The number of carbonyl (C=O) groups is 1. The van der Waals surface area contributed by atoms with Crippen molar-refractivity contribution in [2.75, 3.05) is 11.9 Å². The largest absolute Gasteiger partial charge is 0.478 e. The van der Waals surface area contributed by atoms with Gasteiger partial charge in [0.25, 0.3) is 0 Å². The minimum absolute atomic E-state index is 0.103. The van der Waals surface area contributed by atoms with Crippen molar-refractivity contribution in [1.82, 2.24) is 4.98 Å². The van der Waals surface area contributed by atoms with E-state index in [2.05, 4.69) is 10.3 Å². The first kappa shape index (κ1) is 12.9. The monoisotopic (exact) mass is 248 g/mol.